The van der Waals surface area contributed by atoms with Gasteiger partial charge < -0.3 is 20.6 Å². The summed E-state index contributed by atoms with van der Waals surface area (Å²) in [5.41, 5.74) is 2.71. The topological polar surface area (TPSA) is 80.7 Å². The van der Waals surface area contributed by atoms with Gasteiger partial charge in [-0.3, -0.25) is 9.69 Å². The van der Waals surface area contributed by atoms with Crippen LogP contribution in [0.25, 0.3) is 0 Å². The van der Waals surface area contributed by atoms with Crippen molar-refractivity contribution in [1.82, 2.24) is 20.1 Å². The zero-order chi connectivity index (χ0) is 23.2. The van der Waals surface area contributed by atoms with Crippen LogP contribution in [-0.4, -0.2) is 76.2 Å². The first-order valence-electron chi connectivity index (χ1n) is 12.5. The standard InChI is InChI=1S/C26H32FN5O2/c27-21-13-29-25(30-22-10-19-9-18(22)12-28-19)11-20(21)26(34)32-8-6-23(24(33)15-32)31-7-5-16-3-1-2-4-17(16)14-31/h1-4,11,13,18-19,22-24,28,33H,5-10,12,14-15H2,(H,29,30)/t18?,19?,22?,23-,24-/m0/s1. The van der Waals surface area contributed by atoms with Crippen molar-refractivity contribution in [1.29, 1.82) is 0 Å². The molecule has 7 nitrogen and oxygen atoms in total. The van der Waals surface area contributed by atoms with Gasteiger partial charge in [-0.15, -0.1) is 0 Å². The van der Waals surface area contributed by atoms with Crippen LogP contribution in [0.5, 0.6) is 0 Å². The minimum absolute atomic E-state index is 0.00307. The molecule has 0 spiro atoms. The molecule has 4 aliphatic rings. The molecule has 1 saturated carbocycles. The number of hydrogen-bond donors (Lipinski definition) is 3. The molecule has 8 heteroatoms. The average molecular weight is 466 g/mol. The lowest BCUT2D eigenvalue weighted by atomic mass is 9.94. The fraction of sp³-hybridized carbons (Fsp3) is 0.538. The summed E-state index contributed by atoms with van der Waals surface area (Å²) in [6, 6.07) is 10.8. The normalized spacial score (nSPS) is 30.9. The minimum atomic E-state index is -0.660. The molecule has 3 N–H and O–H groups in total. The molecule has 3 fully saturated rings. The lowest BCUT2D eigenvalue weighted by molar-refractivity contribution is -0.0138. The van der Waals surface area contributed by atoms with E-state index in [0.717, 1.165) is 45.1 Å². The Morgan fingerprint density at radius 3 is 2.82 bits per heavy atom. The summed E-state index contributed by atoms with van der Waals surface area (Å²) < 4.78 is 14.6. The number of fused-ring (bicyclic) bond motifs is 3. The molecular formula is C26H32FN5O2. The van der Waals surface area contributed by atoms with Crippen LogP contribution in [0.4, 0.5) is 10.2 Å². The van der Waals surface area contributed by atoms with Crippen LogP contribution in [0.3, 0.4) is 0 Å². The monoisotopic (exact) mass is 465 g/mol. The fourth-order valence-electron chi connectivity index (χ4n) is 6.38. The number of hydrogen-bond acceptors (Lipinski definition) is 6. The van der Waals surface area contributed by atoms with Gasteiger partial charge in [0.1, 0.15) is 5.82 Å². The van der Waals surface area contributed by atoms with Gasteiger partial charge in [-0.25, -0.2) is 9.37 Å². The van der Waals surface area contributed by atoms with E-state index in [-0.39, 0.29) is 24.1 Å². The summed E-state index contributed by atoms with van der Waals surface area (Å²) in [5.74, 6) is 0.102. The number of carbonyl (C=O) groups is 1. The summed E-state index contributed by atoms with van der Waals surface area (Å²) in [7, 11) is 0. The second-order valence-corrected chi connectivity index (χ2v) is 10.3. The molecule has 0 radical (unpaired) electrons. The number of likely N-dealkylation sites (tertiary alicyclic amines) is 1. The number of pyridine rings is 1. The molecule has 1 aliphatic carbocycles. The first-order chi connectivity index (χ1) is 16.5. The Bertz CT molecular complexity index is 1080. The van der Waals surface area contributed by atoms with Crippen LogP contribution in [-0.2, 0) is 13.0 Å². The van der Waals surface area contributed by atoms with Crippen molar-refractivity contribution in [2.75, 3.05) is 31.5 Å². The second-order valence-electron chi connectivity index (χ2n) is 10.3. The molecule has 2 bridgehead atoms. The predicted octanol–water partition coefficient (Wildman–Crippen LogP) is 2.02. The van der Waals surface area contributed by atoms with Crippen molar-refractivity contribution in [3.63, 3.8) is 0 Å². The van der Waals surface area contributed by atoms with E-state index in [0.29, 0.717) is 36.8 Å². The van der Waals surface area contributed by atoms with E-state index in [1.54, 1.807) is 4.90 Å². The molecule has 180 valence electrons. The number of halogens is 1. The summed E-state index contributed by atoms with van der Waals surface area (Å²) in [6.07, 6.45) is 4.29. The molecule has 2 aromatic rings. The minimum Gasteiger partial charge on any atom is -0.390 e. The Morgan fingerprint density at radius 2 is 2.06 bits per heavy atom. The average Bonchev–Trinajstić information content (AvgIpc) is 3.48. The second kappa shape index (κ2) is 8.91. The maximum atomic E-state index is 14.6. The molecule has 4 heterocycles. The van der Waals surface area contributed by atoms with Crippen LogP contribution in [0.15, 0.2) is 36.5 Å². The van der Waals surface area contributed by atoms with Crippen LogP contribution in [0.1, 0.15) is 40.7 Å². The molecule has 6 rings (SSSR count). The maximum absolute atomic E-state index is 14.6. The Balaban J connectivity index is 1.11. The van der Waals surface area contributed by atoms with E-state index >= 15 is 0 Å². The quantitative estimate of drug-likeness (QED) is 0.641. The molecule has 1 aromatic carbocycles. The molecule has 1 amide bonds. The molecule has 3 unspecified atom stereocenters. The van der Waals surface area contributed by atoms with Gasteiger partial charge in [0.25, 0.3) is 5.91 Å². The van der Waals surface area contributed by atoms with Crippen LogP contribution < -0.4 is 10.6 Å². The Hall–Kier alpha value is -2.55. The first-order valence-corrected chi connectivity index (χ1v) is 12.5. The van der Waals surface area contributed by atoms with E-state index in [9.17, 15) is 14.3 Å². The smallest absolute Gasteiger partial charge is 0.257 e. The van der Waals surface area contributed by atoms with Crippen molar-refractivity contribution in [2.45, 2.75) is 56.5 Å². The predicted molar refractivity (Wildman–Crippen MR) is 127 cm³/mol. The van der Waals surface area contributed by atoms with Crippen LogP contribution in [0, 0.1) is 11.7 Å². The number of benzene rings is 1. The lowest BCUT2D eigenvalue weighted by Crippen LogP contribution is -2.56. The van der Waals surface area contributed by atoms with Crippen molar-refractivity contribution in [3.05, 3.63) is 59.0 Å². The van der Waals surface area contributed by atoms with E-state index in [1.807, 2.05) is 0 Å². The number of aliphatic hydroxyl groups excluding tert-OH is 1. The van der Waals surface area contributed by atoms with Gasteiger partial charge in [0.05, 0.1) is 17.9 Å². The molecule has 3 aliphatic heterocycles. The fourth-order valence-corrected chi connectivity index (χ4v) is 6.38. The summed E-state index contributed by atoms with van der Waals surface area (Å²) in [6.45, 7) is 3.42. The highest BCUT2D eigenvalue weighted by Gasteiger charge is 2.40. The summed E-state index contributed by atoms with van der Waals surface area (Å²) in [4.78, 5) is 21.3. The van der Waals surface area contributed by atoms with E-state index in [1.165, 1.54) is 17.2 Å². The zero-order valence-corrected chi connectivity index (χ0v) is 19.3. The van der Waals surface area contributed by atoms with Gasteiger partial charge >= 0.3 is 0 Å². The number of rotatable bonds is 4. The highest BCUT2D eigenvalue weighted by atomic mass is 19.1. The Labute approximate surface area is 199 Å². The van der Waals surface area contributed by atoms with Crippen molar-refractivity contribution in [2.24, 2.45) is 5.92 Å². The van der Waals surface area contributed by atoms with Gasteiger partial charge in [-0.2, -0.15) is 0 Å². The van der Waals surface area contributed by atoms with Crippen molar-refractivity contribution in [3.8, 4) is 0 Å². The summed E-state index contributed by atoms with van der Waals surface area (Å²) in [5, 5.41) is 17.9. The SMILES string of the molecule is O=C(c1cc(NC2CC3CC2CN3)ncc1F)N1CC[C@H](N2CCc3ccccc3C2)[C@@H](O)C1. The third kappa shape index (κ3) is 4.08. The molecule has 1 aromatic heterocycles. The molecule has 5 atom stereocenters. The number of nitrogens with one attached hydrogen (secondary N) is 2. The van der Waals surface area contributed by atoms with Gasteiger partial charge in [-0.1, -0.05) is 24.3 Å². The lowest BCUT2D eigenvalue weighted by Gasteiger charge is -2.43. The zero-order valence-electron chi connectivity index (χ0n) is 19.3. The Kier molecular flexibility index (Phi) is 5.75. The van der Waals surface area contributed by atoms with E-state index in [4.69, 9.17) is 0 Å². The van der Waals surface area contributed by atoms with Gasteiger partial charge in [0.2, 0.25) is 0 Å². The Morgan fingerprint density at radius 1 is 1.21 bits per heavy atom. The number of amides is 1. The molecular weight excluding hydrogens is 433 g/mol. The highest BCUT2D eigenvalue weighted by Crippen LogP contribution is 2.33. The van der Waals surface area contributed by atoms with Crippen LogP contribution >= 0.6 is 0 Å². The number of aliphatic hydroxyl groups is 1. The first kappa shape index (κ1) is 21.9. The third-order valence-electron chi connectivity index (χ3n) is 8.25. The number of piperidine rings is 2. The number of aromatic nitrogens is 1. The van der Waals surface area contributed by atoms with Crippen LogP contribution in [0.2, 0.25) is 0 Å². The van der Waals surface area contributed by atoms with E-state index < -0.39 is 11.9 Å². The van der Waals surface area contributed by atoms with Gasteiger partial charge in [-0.05, 0) is 48.8 Å². The molecule has 2 saturated heterocycles. The maximum Gasteiger partial charge on any atom is 0.257 e. The summed E-state index contributed by atoms with van der Waals surface area (Å²) >= 11 is 0. The van der Waals surface area contributed by atoms with Gasteiger partial charge in [0, 0.05) is 50.8 Å². The number of β-amino-alcohol motifs (C(OH)–C–C–N with tert-alkyl or cyclic N) is 1. The largest absolute Gasteiger partial charge is 0.390 e. The number of carbonyl (C=O) groups excluding carboxylic acids is 1. The third-order valence-corrected chi connectivity index (χ3v) is 8.25. The number of nitrogens with zero attached hydrogens (tertiary/aromatic N) is 3. The van der Waals surface area contributed by atoms with E-state index in [2.05, 4.69) is 44.8 Å². The highest BCUT2D eigenvalue weighted by molar-refractivity contribution is 5.95. The number of anilines is 1. The van der Waals surface area contributed by atoms with Gasteiger partial charge in [0.15, 0.2) is 5.82 Å². The molecule has 34 heavy (non-hydrogen) atoms. The van der Waals surface area contributed by atoms with Crippen molar-refractivity contribution >= 4 is 11.7 Å². The van der Waals surface area contributed by atoms with Crippen molar-refractivity contribution < 1.29 is 14.3 Å².